The molecule has 0 unspecified atom stereocenters. The predicted molar refractivity (Wildman–Crippen MR) is 70.6 cm³/mol. The zero-order chi connectivity index (χ0) is 12.8. The molecule has 0 bridgehead atoms. The van der Waals surface area contributed by atoms with Gasteiger partial charge in [-0.15, -0.1) is 0 Å². The summed E-state index contributed by atoms with van der Waals surface area (Å²) < 4.78 is 0. The Bertz CT molecular complexity index is 431. The van der Waals surface area contributed by atoms with Crippen molar-refractivity contribution < 1.29 is 9.78 Å². The SMILES string of the molecule is CCOOC(N)(c1ccccc1)c1ccccc1. The van der Waals surface area contributed by atoms with Gasteiger partial charge in [-0.2, -0.15) is 0 Å². The molecular weight excluding hydrogens is 226 g/mol. The zero-order valence-electron chi connectivity index (χ0n) is 10.4. The highest BCUT2D eigenvalue weighted by atomic mass is 17.2. The quantitative estimate of drug-likeness (QED) is 0.499. The summed E-state index contributed by atoms with van der Waals surface area (Å²) in [7, 11) is 0. The highest BCUT2D eigenvalue weighted by Crippen LogP contribution is 2.28. The highest BCUT2D eigenvalue weighted by Gasteiger charge is 2.32. The van der Waals surface area contributed by atoms with E-state index >= 15 is 0 Å². The van der Waals surface area contributed by atoms with E-state index in [1.54, 1.807) is 0 Å². The molecule has 2 N–H and O–H groups in total. The van der Waals surface area contributed by atoms with Crippen LogP contribution in [0.3, 0.4) is 0 Å². The molecule has 2 aromatic carbocycles. The van der Waals surface area contributed by atoms with Crippen LogP contribution in [0.2, 0.25) is 0 Å². The minimum Gasteiger partial charge on any atom is -0.293 e. The molecule has 94 valence electrons. The zero-order valence-corrected chi connectivity index (χ0v) is 10.4. The Kier molecular flexibility index (Phi) is 4.10. The van der Waals surface area contributed by atoms with E-state index < -0.39 is 5.72 Å². The Labute approximate surface area is 107 Å². The first-order chi connectivity index (χ1) is 8.77. The molecule has 0 aliphatic rings. The van der Waals surface area contributed by atoms with Crippen LogP contribution >= 0.6 is 0 Å². The van der Waals surface area contributed by atoms with Crippen LogP contribution in [0.15, 0.2) is 60.7 Å². The summed E-state index contributed by atoms with van der Waals surface area (Å²) in [5.41, 5.74) is 7.00. The first-order valence-corrected chi connectivity index (χ1v) is 5.98. The molecule has 3 nitrogen and oxygen atoms in total. The van der Waals surface area contributed by atoms with Gasteiger partial charge < -0.3 is 0 Å². The number of rotatable bonds is 5. The molecule has 0 spiro atoms. The van der Waals surface area contributed by atoms with E-state index in [0.717, 1.165) is 11.1 Å². The predicted octanol–water partition coefficient (Wildman–Crippen LogP) is 2.81. The average Bonchev–Trinajstić information content (AvgIpc) is 2.46. The van der Waals surface area contributed by atoms with E-state index in [-0.39, 0.29) is 0 Å². The van der Waals surface area contributed by atoms with Gasteiger partial charge in [-0.3, -0.25) is 5.73 Å². The Morgan fingerprint density at radius 2 is 1.33 bits per heavy atom. The van der Waals surface area contributed by atoms with Crippen LogP contribution in [0.5, 0.6) is 0 Å². The molecule has 2 aromatic rings. The summed E-state index contributed by atoms with van der Waals surface area (Å²) in [6.45, 7) is 2.30. The van der Waals surface area contributed by atoms with E-state index in [9.17, 15) is 0 Å². The molecule has 0 radical (unpaired) electrons. The van der Waals surface area contributed by atoms with Gasteiger partial charge in [0, 0.05) is 11.1 Å². The maximum Gasteiger partial charge on any atom is 0.203 e. The van der Waals surface area contributed by atoms with Crippen LogP contribution in [0.1, 0.15) is 18.1 Å². The summed E-state index contributed by atoms with van der Waals surface area (Å²) >= 11 is 0. The van der Waals surface area contributed by atoms with Gasteiger partial charge in [-0.25, -0.2) is 9.78 Å². The van der Waals surface area contributed by atoms with Crippen LogP contribution in [-0.2, 0) is 15.5 Å². The van der Waals surface area contributed by atoms with E-state index in [0.29, 0.717) is 6.61 Å². The standard InChI is InChI=1S/C15H17NO2/c1-2-17-18-15(16,13-9-5-3-6-10-13)14-11-7-4-8-12-14/h3-12H,2,16H2,1H3. The number of nitrogens with two attached hydrogens (primary N) is 1. The van der Waals surface area contributed by atoms with Gasteiger partial charge in [-0.1, -0.05) is 60.7 Å². The second-order valence-electron chi connectivity index (χ2n) is 3.96. The van der Waals surface area contributed by atoms with E-state index in [1.807, 2.05) is 67.6 Å². The van der Waals surface area contributed by atoms with Gasteiger partial charge in [0.15, 0.2) is 0 Å². The first-order valence-electron chi connectivity index (χ1n) is 5.98. The second-order valence-corrected chi connectivity index (χ2v) is 3.96. The average molecular weight is 243 g/mol. The van der Waals surface area contributed by atoms with Crippen LogP contribution < -0.4 is 5.73 Å². The van der Waals surface area contributed by atoms with E-state index in [2.05, 4.69) is 0 Å². The molecule has 2 rings (SSSR count). The lowest BCUT2D eigenvalue weighted by molar-refractivity contribution is -0.352. The van der Waals surface area contributed by atoms with Crippen molar-refractivity contribution in [1.82, 2.24) is 0 Å². The third-order valence-electron chi connectivity index (χ3n) is 2.71. The Morgan fingerprint density at radius 1 is 0.889 bits per heavy atom. The van der Waals surface area contributed by atoms with Crippen molar-refractivity contribution in [2.45, 2.75) is 12.6 Å². The van der Waals surface area contributed by atoms with E-state index in [1.165, 1.54) is 0 Å². The number of benzene rings is 2. The maximum absolute atomic E-state index is 6.38. The third kappa shape index (κ3) is 2.59. The van der Waals surface area contributed by atoms with Crippen molar-refractivity contribution in [3.63, 3.8) is 0 Å². The largest absolute Gasteiger partial charge is 0.293 e. The van der Waals surface area contributed by atoms with Crippen LogP contribution in [0.25, 0.3) is 0 Å². The van der Waals surface area contributed by atoms with Crippen molar-refractivity contribution in [1.29, 1.82) is 0 Å². The van der Waals surface area contributed by atoms with Crippen LogP contribution in [-0.4, -0.2) is 6.61 Å². The third-order valence-corrected chi connectivity index (χ3v) is 2.71. The van der Waals surface area contributed by atoms with Crippen molar-refractivity contribution >= 4 is 0 Å². The number of hydrogen-bond acceptors (Lipinski definition) is 3. The highest BCUT2D eigenvalue weighted by molar-refractivity contribution is 5.34. The maximum atomic E-state index is 6.38. The van der Waals surface area contributed by atoms with Crippen molar-refractivity contribution in [3.05, 3.63) is 71.8 Å². The van der Waals surface area contributed by atoms with Gasteiger partial charge in [-0.05, 0) is 6.92 Å². The normalized spacial score (nSPS) is 11.4. The Balaban J connectivity index is 2.41. The molecule has 0 aliphatic carbocycles. The van der Waals surface area contributed by atoms with Gasteiger partial charge in [0.05, 0.1) is 6.61 Å². The molecular formula is C15H17NO2. The van der Waals surface area contributed by atoms with E-state index in [4.69, 9.17) is 15.5 Å². The Hall–Kier alpha value is -1.68. The summed E-state index contributed by atoms with van der Waals surface area (Å²) in [4.78, 5) is 10.5. The topological polar surface area (TPSA) is 44.5 Å². The van der Waals surface area contributed by atoms with Crippen LogP contribution in [0, 0.1) is 0 Å². The molecule has 0 atom stereocenters. The molecule has 3 heteroatoms. The fraction of sp³-hybridized carbons (Fsp3) is 0.200. The van der Waals surface area contributed by atoms with Crippen molar-refractivity contribution in [2.75, 3.05) is 6.61 Å². The van der Waals surface area contributed by atoms with Crippen LogP contribution in [0.4, 0.5) is 0 Å². The lowest BCUT2D eigenvalue weighted by Gasteiger charge is -2.28. The molecule has 0 fully saturated rings. The smallest absolute Gasteiger partial charge is 0.203 e. The fourth-order valence-corrected chi connectivity index (χ4v) is 1.79. The monoisotopic (exact) mass is 243 g/mol. The van der Waals surface area contributed by atoms with Crippen molar-refractivity contribution in [2.24, 2.45) is 5.73 Å². The molecule has 0 saturated heterocycles. The minimum absolute atomic E-state index is 0.443. The summed E-state index contributed by atoms with van der Waals surface area (Å²) in [6, 6.07) is 19.3. The molecule has 0 aliphatic heterocycles. The van der Waals surface area contributed by atoms with Gasteiger partial charge in [0.25, 0.3) is 0 Å². The first kappa shape index (κ1) is 12.8. The minimum atomic E-state index is -1.08. The summed E-state index contributed by atoms with van der Waals surface area (Å²) in [5.74, 6) is 0. The van der Waals surface area contributed by atoms with Crippen molar-refractivity contribution in [3.8, 4) is 0 Å². The fourth-order valence-electron chi connectivity index (χ4n) is 1.79. The van der Waals surface area contributed by atoms with Gasteiger partial charge >= 0.3 is 0 Å². The molecule has 0 amide bonds. The summed E-state index contributed by atoms with van der Waals surface area (Å²) in [6.07, 6.45) is 0. The molecule has 0 heterocycles. The lowest BCUT2D eigenvalue weighted by atomic mass is 9.95. The van der Waals surface area contributed by atoms with Gasteiger partial charge in [0.1, 0.15) is 0 Å². The van der Waals surface area contributed by atoms with Gasteiger partial charge in [0.2, 0.25) is 5.72 Å². The molecule has 18 heavy (non-hydrogen) atoms. The number of hydrogen-bond donors (Lipinski definition) is 1. The molecule has 0 saturated carbocycles. The Morgan fingerprint density at radius 3 is 1.72 bits per heavy atom. The lowest BCUT2D eigenvalue weighted by Crippen LogP contribution is -2.41. The summed E-state index contributed by atoms with van der Waals surface area (Å²) in [5, 5.41) is 0. The molecule has 0 aromatic heterocycles. The second kappa shape index (κ2) is 5.78.